The van der Waals surface area contributed by atoms with Gasteiger partial charge in [-0.05, 0) is 85.4 Å². The number of benzene rings is 3. The molecule has 1 unspecified atom stereocenters. The van der Waals surface area contributed by atoms with Gasteiger partial charge in [0.15, 0.2) is 0 Å². The molecule has 0 fully saturated rings. The molecule has 0 spiro atoms. The highest BCUT2D eigenvalue weighted by molar-refractivity contribution is 7.90. The second-order valence-corrected chi connectivity index (χ2v) is 21.9. The van der Waals surface area contributed by atoms with Crippen molar-refractivity contribution < 1.29 is 22.9 Å². The normalized spacial score (nSPS) is 15.6. The van der Waals surface area contributed by atoms with Crippen LogP contribution in [0.15, 0.2) is 114 Å². The van der Waals surface area contributed by atoms with Crippen molar-refractivity contribution in [2.75, 3.05) is 13.2 Å². The summed E-state index contributed by atoms with van der Waals surface area (Å²) in [4.78, 5) is 18.3. The van der Waals surface area contributed by atoms with Crippen molar-refractivity contribution in [3.63, 3.8) is 0 Å². The van der Waals surface area contributed by atoms with Crippen LogP contribution in [0.5, 0.6) is 0 Å². The number of nitrogens with zero attached hydrogens (tertiary/aromatic N) is 2. The van der Waals surface area contributed by atoms with Gasteiger partial charge in [0.25, 0.3) is 8.32 Å². The molecule has 0 radical (unpaired) electrons. The van der Waals surface area contributed by atoms with Crippen molar-refractivity contribution in [3.05, 3.63) is 132 Å². The molecule has 2 atom stereocenters. The Morgan fingerprint density at radius 2 is 1.58 bits per heavy atom. The van der Waals surface area contributed by atoms with Crippen LogP contribution in [0.4, 0.5) is 0 Å². The largest absolute Gasteiger partial charge is 0.597 e. The van der Waals surface area contributed by atoms with Gasteiger partial charge < -0.3 is 18.1 Å². The zero-order valence-electron chi connectivity index (χ0n) is 31.8. The molecule has 276 valence electrons. The van der Waals surface area contributed by atoms with Crippen LogP contribution in [-0.2, 0) is 27.1 Å². The Morgan fingerprint density at radius 3 is 2.15 bits per heavy atom. The molecule has 0 amide bonds. The molecule has 5 aromatic rings. The van der Waals surface area contributed by atoms with Gasteiger partial charge in [-0.25, -0.2) is 9.78 Å². The van der Waals surface area contributed by atoms with E-state index < -0.39 is 30.4 Å². The van der Waals surface area contributed by atoms with E-state index in [1.807, 2.05) is 75.4 Å². The molecule has 6 rings (SSSR count). The Kier molecular flexibility index (Phi) is 11.3. The lowest BCUT2D eigenvalue weighted by Gasteiger charge is -2.43. The summed E-state index contributed by atoms with van der Waals surface area (Å²) in [6.07, 6.45) is 2.24. The van der Waals surface area contributed by atoms with Gasteiger partial charge >= 0.3 is 5.97 Å². The standard InChI is InChI=1S/C44H50N2O5SSi/c1-9-34-24-25-39(51-34)31-18-17-19-32(28-31)41-40-33(29-37(45-41)42(47)49-10-2)30-46(52(48)43(3,4)5)38(40)26-27-50-53(44(6,7)8,35-20-13-11-14-21-35)36-22-15-12-16-23-36/h9,11-25,28-29,38H,1,10,26-27,30H2,2-8H3/t38-,52?/m1/s1. The number of furan rings is 1. The average Bonchev–Trinajstić information content (AvgIpc) is 3.78. The highest BCUT2D eigenvalue weighted by atomic mass is 32.2. The van der Waals surface area contributed by atoms with Crippen LogP contribution < -0.4 is 10.4 Å². The van der Waals surface area contributed by atoms with E-state index in [4.69, 9.17) is 18.6 Å². The van der Waals surface area contributed by atoms with E-state index in [2.05, 4.69) is 80.2 Å². The summed E-state index contributed by atoms with van der Waals surface area (Å²) in [5, 5.41) is 2.21. The second kappa shape index (κ2) is 15.6. The van der Waals surface area contributed by atoms with Crippen LogP contribution in [0.25, 0.3) is 28.7 Å². The van der Waals surface area contributed by atoms with Crippen molar-refractivity contribution in [2.45, 2.75) is 77.3 Å². The zero-order valence-corrected chi connectivity index (χ0v) is 33.7. The molecule has 0 saturated carbocycles. The third-order valence-electron chi connectivity index (χ3n) is 9.75. The Balaban J connectivity index is 1.48. The number of pyridine rings is 1. The number of carbonyl (C=O) groups is 1. The third kappa shape index (κ3) is 7.72. The summed E-state index contributed by atoms with van der Waals surface area (Å²) in [7, 11) is -2.84. The smallest absolute Gasteiger partial charge is 0.356 e. The van der Waals surface area contributed by atoms with Gasteiger partial charge in [0.05, 0.1) is 24.9 Å². The first-order valence-electron chi connectivity index (χ1n) is 18.3. The van der Waals surface area contributed by atoms with Gasteiger partial charge in [0, 0.05) is 34.7 Å². The van der Waals surface area contributed by atoms with E-state index in [-0.39, 0.29) is 23.4 Å². The molecular weight excluding hydrogens is 697 g/mol. The van der Waals surface area contributed by atoms with E-state index in [0.717, 1.165) is 22.3 Å². The maximum atomic E-state index is 14.4. The molecule has 0 saturated heterocycles. The fourth-order valence-corrected chi connectivity index (χ4v) is 13.4. The number of esters is 1. The minimum absolute atomic E-state index is 0.198. The average molecular weight is 747 g/mol. The number of hydrogen-bond donors (Lipinski definition) is 0. The van der Waals surface area contributed by atoms with Crippen LogP contribution >= 0.6 is 0 Å². The maximum absolute atomic E-state index is 14.4. The molecule has 3 aromatic carbocycles. The topological polar surface area (TPSA) is 87.9 Å². The lowest BCUT2D eigenvalue weighted by atomic mass is 9.95. The van der Waals surface area contributed by atoms with Crippen LogP contribution in [0.3, 0.4) is 0 Å². The van der Waals surface area contributed by atoms with Gasteiger partial charge in [0.2, 0.25) is 0 Å². The Labute approximate surface area is 318 Å². The fraction of sp³-hybridized carbons (Fsp3) is 0.318. The summed E-state index contributed by atoms with van der Waals surface area (Å²) in [5.74, 6) is 0.886. The number of hydrogen-bond acceptors (Lipinski definition) is 7. The van der Waals surface area contributed by atoms with E-state index in [1.54, 1.807) is 13.0 Å². The van der Waals surface area contributed by atoms with Gasteiger partial charge in [-0.3, -0.25) is 0 Å². The summed E-state index contributed by atoms with van der Waals surface area (Å²) in [6, 6.07) is 34.5. The predicted octanol–water partition coefficient (Wildman–Crippen LogP) is 9.11. The lowest BCUT2D eigenvalue weighted by molar-refractivity contribution is 0.0519. The molecule has 53 heavy (non-hydrogen) atoms. The highest BCUT2D eigenvalue weighted by Crippen LogP contribution is 2.46. The van der Waals surface area contributed by atoms with Gasteiger partial charge in [-0.2, -0.15) is 0 Å². The monoisotopic (exact) mass is 746 g/mol. The number of ether oxygens (including phenoxy) is 1. The van der Waals surface area contributed by atoms with Crippen LogP contribution in [0, 0.1) is 0 Å². The number of rotatable bonds is 12. The van der Waals surface area contributed by atoms with Crippen molar-refractivity contribution in [2.24, 2.45) is 0 Å². The van der Waals surface area contributed by atoms with Gasteiger partial charge in [0.1, 0.15) is 22.0 Å². The minimum Gasteiger partial charge on any atom is -0.597 e. The molecular formula is C44H50N2O5SSi. The van der Waals surface area contributed by atoms with E-state index in [9.17, 15) is 9.35 Å². The summed E-state index contributed by atoms with van der Waals surface area (Å²) >= 11 is -1.38. The second-order valence-electron chi connectivity index (χ2n) is 15.4. The van der Waals surface area contributed by atoms with E-state index >= 15 is 0 Å². The molecule has 0 bridgehead atoms. The van der Waals surface area contributed by atoms with Crippen molar-refractivity contribution in [3.8, 4) is 22.6 Å². The van der Waals surface area contributed by atoms with E-state index in [1.165, 1.54) is 10.4 Å². The van der Waals surface area contributed by atoms with Crippen molar-refractivity contribution in [1.82, 2.24) is 9.29 Å². The highest BCUT2D eigenvalue weighted by Gasteiger charge is 2.51. The molecule has 2 aromatic heterocycles. The Morgan fingerprint density at radius 1 is 0.943 bits per heavy atom. The van der Waals surface area contributed by atoms with Crippen molar-refractivity contribution >= 4 is 42.1 Å². The summed E-state index contributed by atoms with van der Waals surface area (Å²) in [6.45, 7) is 19.5. The molecule has 0 N–H and O–H groups in total. The number of aromatic nitrogens is 1. The van der Waals surface area contributed by atoms with Crippen LogP contribution in [-0.4, -0.2) is 46.1 Å². The first kappa shape index (κ1) is 38.5. The number of carbonyl (C=O) groups excluding carboxylic acids is 1. The molecule has 9 heteroatoms. The summed E-state index contributed by atoms with van der Waals surface area (Å²) < 4.78 is 34.8. The molecule has 1 aliphatic heterocycles. The van der Waals surface area contributed by atoms with Crippen LogP contribution in [0.1, 0.15) is 88.3 Å². The van der Waals surface area contributed by atoms with Crippen molar-refractivity contribution in [1.29, 1.82) is 0 Å². The first-order chi connectivity index (χ1) is 25.3. The molecule has 3 heterocycles. The summed E-state index contributed by atoms with van der Waals surface area (Å²) in [5.41, 5.74) is 4.43. The van der Waals surface area contributed by atoms with Gasteiger partial charge in [-0.1, -0.05) is 106 Å². The Bertz CT molecular complexity index is 2010. The quantitative estimate of drug-likeness (QED) is 0.0715. The predicted molar refractivity (Wildman–Crippen MR) is 218 cm³/mol. The van der Waals surface area contributed by atoms with E-state index in [0.29, 0.717) is 36.8 Å². The first-order valence-corrected chi connectivity index (χ1v) is 21.3. The third-order valence-corrected chi connectivity index (χ3v) is 16.6. The SMILES string of the molecule is C=Cc1ccc(-c2cccc(-c3nc(C(=O)OCC)cc4c3[C@@H](CCO[Si](c3ccccc3)(c3ccccc3)C(C)(C)C)N([S+]([O-])C(C)(C)C)C4)c2)o1. The van der Waals surface area contributed by atoms with Crippen LogP contribution in [0.2, 0.25) is 5.04 Å². The molecule has 1 aliphatic rings. The maximum Gasteiger partial charge on any atom is 0.356 e. The Hall–Kier alpha value is -4.25. The molecule has 7 nitrogen and oxygen atoms in total. The zero-order chi connectivity index (χ0) is 38.0. The number of fused-ring (bicyclic) bond motifs is 1. The minimum atomic E-state index is -2.84. The lowest BCUT2D eigenvalue weighted by Crippen LogP contribution is -2.66. The molecule has 0 aliphatic carbocycles. The van der Waals surface area contributed by atoms with Gasteiger partial charge in [-0.15, -0.1) is 4.31 Å². The fourth-order valence-electron chi connectivity index (χ4n) is 7.40.